The largest absolute Gasteiger partial charge is 0.346 e. The number of rotatable bonds is 10. The maximum atomic E-state index is 13.9. The van der Waals surface area contributed by atoms with Crippen LogP contribution in [0, 0.1) is 25.5 Å². The molecule has 0 radical (unpaired) electrons. The molecule has 0 atom stereocenters. The number of aldehydes is 1. The minimum atomic E-state index is -0.689. The van der Waals surface area contributed by atoms with Gasteiger partial charge in [-0.05, 0) is 76.2 Å². The molecule has 0 bridgehead atoms. The van der Waals surface area contributed by atoms with Gasteiger partial charge in [0.15, 0.2) is 12.6 Å². The van der Waals surface area contributed by atoms with E-state index < -0.39 is 17.9 Å². The van der Waals surface area contributed by atoms with Gasteiger partial charge in [0, 0.05) is 36.6 Å². The minimum absolute atomic E-state index is 0.122. The summed E-state index contributed by atoms with van der Waals surface area (Å²) in [6, 6.07) is 11.4. The number of nitrogens with zero attached hydrogens (tertiary/aromatic N) is 8. The molecule has 1 aliphatic heterocycles. The number of aryl methyl sites for hydroxylation is 4. The summed E-state index contributed by atoms with van der Waals surface area (Å²) in [6.45, 7) is 9.60. The van der Waals surface area contributed by atoms with Gasteiger partial charge in [-0.15, -0.1) is 0 Å². The second-order valence-corrected chi connectivity index (χ2v) is 11.6. The van der Waals surface area contributed by atoms with Gasteiger partial charge in [0.25, 0.3) is 0 Å². The predicted octanol–water partition coefficient (Wildman–Crippen LogP) is 5.39. The lowest BCUT2D eigenvalue weighted by atomic mass is 10.1. The van der Waals surface area contributed by atoms with E-state index in [-0.39, 0.29) is 22.8 Å². The molecule has 7 rings (SSSR count). The SMILES string of the molecule is CCn1cc(C(=O)c2cc(C)nn2-c2ccc(F)cc2C2OCCO2)cn1.CCn1cc(C(=O)c2cc(C)nn2-c2ccc(F)cc2C=O)cn1. The van der Waals surface area contributed by atoms with Crippen LogP contribution in [0.1, 0.15) is 79.6 Å². The van der Waals surface area contributed by atoms with Crippen molar-refractivity contribution in [3.05, 3.63) is 130 Å². The summed E-state index contributed by atoms with van der Waals surface area (Å²) in [7, 11) is 0. The Morgan fingerprint density at radius 2 is 1.25 bits per heavy atom. The zero-order valence-electron chi connectivity index (χ0n) is 28.3. The van der Waals surface area contributed by atoms with E-state index in [9.17, 15) is 23.2 Å². The highest BCUT2D eigenvalue weighted by molar-refractivity contribution is 6.08. The van der Waals surface area contributed by atoms with Crippen LogP contribution in [0.2, 0.25) is 0 Å². The predicted molar refractivity (Wildman–Crippen MR) is 179 cm³/mol. The summed E-state index contributed by atoms with van der Waals surface area (Å²) in [4.78, 5) is 37.1. The molecular weight excluding hydrogens is 662 g/mol. The molecule has 0 saturated carbocycles. The van der Waals surface area contributed by atoms with Crippen LogP contribution < -0.4 is 0 Å². The molecule has 262 valence electrons. The lowest BCUT2D eigenvalue weighted by molar-refractivity contribution is -0.0443. The van der Waals surface area contributed by atoms with Crippen molar-refractivity contribution in [1.29, 1.82) is 0 Å². The molecule has 1 aliphatic rings. The van der Waals surface area contributed by atoms with Crippen molar-refractivity contribution in [2.45, 2.75) is 47.1 Å². The van der Waals surface area contributed by atoms with E-state index in [0.717, 1.165) is 6.07 Å². The number of aromatic nitrogens is 8. The average molecular weight is 697 g/mol. The van der Waals surface area contributed by atoms with Gasteiger partial charge in [0.05, 0.1) is 59.5 Å². The van der Waals surface area contributed by atoms with Crippen LogP contribution in [-0.2, 0) is 22.6 Å². The lowest BCUT2D eigenvalue weighted by Crippen LogP contribution is -2.13. The van der Waals surface area contributed by atoms with Crippen LogP contribution in [-0.4, -0.2) is 70.2 Å². The maximum Gasteiger partial charge on any atom is 0.214 e. The van der Waals surface area contributed by atoms with Gasteiger partial charge in [0.1, 0.15) is 23.0 Å². The quantitative estimate of drug-likeness (QED) is 0.136. The van der Waals surface area contributed by atoms with Gasteiger partial charge in [-0.25, -0.2) is 18.1 Å². The Balaban J connectivity index is 0.000000177. The highest BCUT2D eigenvalue weighted by atomic mass is 19.1. The second-order valence-electron chi connectivity index (χ2n) is 11.6. The summed E-state index contributed by atoms with van der Waals surface area (Å²) in [5.74, 6) is -1.41. The van der Waals surface area contributed by atoms with E-state index in [4.69, 9.17) is 9.47 Å². The lowest BCUT2D eigenvalue weighted by Gasteiger charge is -2.16. The van der Waals surface area contributed by atoms with Crippen molar-refractivity contribution >= 4 is 17.9 Å². The first-order chi connectivity index (χ1) is 24.6. The third-order valence-electron chi connectivity index (χ3n) is 8.01. The molecule has 51 heavy (non-hydrogen) atoms. The summed E-state index contributed by atoms with van der Waals surface area (Å²) in [6.07, 6.45) is 6.23. The first-order valence-corrected chi connectivity index (χ1v) is 16.2. The molecule has 0 spiro atoms. The number of hydrogen-bond acceptors (Lipinski definition) is 9. The van der Waals surface area contributed by atoms with Crippen molar-refractivity contribution < 1.29 is 32.6 Å². The number of carbonyl (C=O) groups excluding carboxylic acids is 3. The van der Waals surface area contributed by atoms with Crippen LogP contribution >= 0.6 is 0 Å². The van der Waals surface area contributed by atoms with Crippen LogP contribution in [0.3, 0.4) is 0 Å². The minimum Gasteiger partial charge on any atom is -0.346 e. The number of ether oxygens (including phenoxy) is 2. The molecule has 2 aromatic carbocycles. The van der Waals surface area contributed by atoms with Crippen molar-refractivity contribution in [3.63, 3.8) is 0 Å². The zero-order valence-corrected chi connectivity index (χ0v) is 28.3. The topological polar surface area (TPSA) is 141 Å². The van der Waals surface area contributed by atoms with E-state index in [1.54, 1.807) is 53.8 Å². The monoisotopic (exact) mass is 696 g/mol. The number of benzene rings is 2. The normalized spacial score (nSPS) is 12.9. The average Bonchev–Trinajstić information content (AvgIpc) is 3.98. The fourth-order valence-corrected chi connectivity index (χ4v) is 5.55. The Bertz CT molecular complexity index is 2230. The molecule has 0 N–H and O–H groups in total. The number of halogens is 2. The summed E-state index contributed by atoms with van der Waals surface area (Å²) < 4.78 is 44.5. The highest BCUT2D eigenvalue weighted by Crippen LogP contribution is 2.30. The van der Waals surface area contributed by atoms with Crippen LogP contribution in [0.15, 0.2) is 73.3 Å². The number of carbonyl (C=O) groups is 3. The smallest absolute Gasteiger partial charge is 0.214 e. The summed E-state index contributed by atoms with van der Waals surface area (Å²) in [5, 5.41) is 17.0. The van der Waals surface area contributed by atoms with Gasteiger partial charge in [0.2, 0.25) is 11.6 Å². The van der Waals surface area contributed by atoms with E-state index in [2.05, 4.69) is 20.4 Å². The third-order valence-corrected chi connectivity index (χ3v) is 8.01. The van der Waals surface area contributed by atoms with Gasteiger partial charge >= 0.3 is 0 Å². The fourth-order valence-electron chi connectivity index (χ4n) is 5.55. The van der Waals surface area contributed by atoms with Gasteiger partial charge in [-0.1, -0.05) is 0 Å². The van der Waals surface area contributed by atoms with E-state index >= 15 is 0 Å². The molecule has 5 heterocycles. The van der Waals surface area contributed by atoms with E-state index in [1.165, 1.54) is 46.0 Å². The van der Waals surface area contributed by atoms with Crippen LogP contribution in [0.4, 0.5) is 8.78 Å². The molecule has 13 nitrogen and oxygen atoms in total. The third kappa shape index (κ3) is 7.34. The van der Waals surface area contributed by atoms with Crippen molar-refractivity contribution in [1.82, 2.24) is 39.1 Å². The van der Waals surface area contributed by atoms with Gasteiger partial charge in [-0.3, -0.25) is 23.7 Å². The highest BCUT2D eigenvalue weighted by Gasteiger charge is 2.26. The van der Waals surface area contributed by atoms with E-state index in [0.29, 0.717) is 77.7 Å². The number of ketones is 2. The van der Waals surface area contributed by atoms with Crippen molar-refractivity contribution in [2.24, 2.45) is 0 Å². The maximum absolute atomic E-state index is 13.9. The second kappa shape index (κ2) is 14.9. The molecule has 4 aromatic heterocycles. The van der Waals surface area contributed by atoms with E-state index in [1.807, 2.05) is 13.8 Å². The zero-order chi connectivity index (χ0) is 36.2. The molecule has 0 unspecified atom stereocenters. The Morgan fingerprint density at radius 1 is 0.765 bits per heavy atom. The Hall–Kier alpha value is -5.93. The van der Waals surface area contributed by atoms with Crippen LogP contribution in [0.5, 0.6) is 0 Å². The molecule has 0 amide bonds. The standard InChI is InChI=1S/C19H19FN4O3.C17H15FN4O2/c1-3-23-11-13(10-21-23)18(25)17-8-12(2)22-24(17)16-5-4-14(20)9-15(16)19-26-6-7-27-19;1-3-21-9-13(8-19-21)17(24)16-6-11(2)20-22(16)15-5-4-14(18)7-12(15)10-23/h4-5,8-11,19H,3,6-7H2,1-2H3;4-10H,3H2,1-2H3. The molecule has 6 aromatic rings. The molecule has 1 saturated heterocycles. The van der Waals surface area contributed by atoms with Crippen LogP contribution in [0.25, 0.3) is 11.4 Å². The molecular formula is C36H34F2N8O5. The number of hydrogen-bond donors (Lipinski definition) is 0. The first-order valence-electron chi connectivity index (χ1n) is 16.2. The van der Waals surface area contributed by atoms with Crippen molar-refractivity contribution in [2.75, 3.05) is 13.2 Å². The van der Waals surface area contributed by atoms with Gasteiger partial charge < -0.3 is 9.47 Å². The summed E-state index contributed by atoms with van der Waals surface area (Å²) >= 11 is 0. The first kappa shape index (κ1) is 34.9. The fraction of sp³-hybridized carbons (Fsp3) is 0.250. The van der Waals surface area contributed by atoms with Crippen molar-refractivity contribution in [3.8, 4) is 11.4 Å². The Kier molecular flexibility index (Phi) is 10.2. The molecule has 0 aliphatic carbocycles. The molecule has 1 fully saturated rings. The summed E-state index contributed by atoms with van der Waals surface area (Å²) in [5.41, 5.74) is 4.35. The molecule has 15 heteroatoms. The Morgan fingerprint density at radius 3 is 1.75 bits per heavy atom. The Labute approximate surface area is 291 Å². The van der Waals surface area contributed by atoms with Gasteiger partial charge in [-0.2, -0.15) is 20.4 Å².